The van der Waals surface area contributed by atoms with Crippen molar-refractivity contribution in [2.75, 3.05) is 5.32 Å². The molecule has 0 aliphatic rings. The molecular weight excluding hydrogens is 294 g/mol. The number of hydrogen-bond acceptors (Lipinski definition) is 3. The number of rotatable bonds is 2. The molecular formula is C13H8BrN3O. The van der Waals surface area contributed by atoms with Crippen LogP contribution in [0.25, 0.3) is 0 Å². The molecule has 1 heterocycles. The van der Waals surface area contributed by atoms with Crippen LogP contribution in [-0.4, -0.2) is 10.9 Å². The minimum atomic E-state index is -0.250. The molecule has 4 nitrogen and oxygen atoms in total. The highest BCUT2D eigenvalue weighted by molar-refractivity contribution is 9.10. The molecule has 0 aliphatic heterocycles. The third-order valence-electron chi connectivity index (χ3n) is 2.28. The van der Waals surface area contributed by atoms with Gasteiger partial charge < -0.3 is 5.32 Å². The summed E-state index contributed by atoms with van der Waals surface area (Å²) in [5.41, 5.74) is 1.65. The Morgan fingerprint density at radius 1 is 1.28 bits per heavy atom. The fourth-order valence-corrected chi connectivity index (χ4v) is 1.81. The number of halogens is 1. The Balaban J connectivity index is 2.17. The molecule has 18 heavy (non-hydrogen) atoms. The molecule has 0 atom stereocenters. The van der Waals surface area contributed by atoms with Crippen LogP contribution in [0.5, 0.6) is 0 Å². The molecule has 0 saturated carbocycles. The van der Waals surface area contributed by atoms with Crippen molar-refractivity contribution >= 4 is 27.5 Å². The summed E-state index contributed by atoms with van der Waals surface area (Å²) in [6, 6.07) is 12.0. The zero-order chi connectivity index (χ0) is 13.0. The zero-order valence-electron chi connectivity index (χ0n) is 9.22. The molecule has 1 N–H and O–H groups in total. The van der Waals surface area contributed by atoms with E-state index < -0.39 is 0 Å². The second-order valence-electron chi connectivity index (χ2n) is 3.49. The van der Waals surface area contributed by atoms with Gasteiger partial charge in [-0.3, -0.25) is 4.79 Å². The minimum Gasteiger partial charge on any atom is -0.322 e. The number of carbonyl (C=O) groups excluding carboxylic acids is 1. The topological polar surface area (TPSA) is 65.8 Å². The molecule has 0 bridgehead atoms. The van der Waals surface area contributed by atoms with E-state index in [0.717, 1.165) is 0 Å². The first-order chi connectivity index (χ1) is 8.70. The number of hydrogen-bond donors (Lipinski definition) is 1. The molecule has 0 unspecified atom stereocenters. The van der Waals surface area contributed by atoms with Gasteiger partial charge in [0.1, 0.15) is 4.60 Å². The normalized spacial score (nSPS) is 9.56. The molecule has 88 valence electrons. The maximum absolute atomic E-state index is 11.9. The second kappa shape index (κ2) is 5.43. The molecule has 1 aromatic heterocycles. The highest BCUT2D eigenvalue weighted by Gasteiger charge is 2.10. The first-order valence-electron chi connectivity index (χ1n) is 5.13. The van der Waals surface area contributed by atoms with E-state index >= 15 is 0 Å². The zero-order valence-corrected chi connectivity index (χ0v) is 10.8. The first-order valence-corrected chi connectivity index (χ1v) is 5.92. The number of nitrogens with zero attached hydrogens (tertiary/aromatic N) is 2. The Kier molecular flexibility index (Phi) is 3.70. The van der Waals surface area contributed by atoms with Crippen LogP contribution >= 0.6 is 15.9 Å². The van der Waals surface area contributed by atoms with Crippen molar-refractivity contribution in [3.63, 3.8) is 0 Å². The van der Waals surface area contributed by atoms with Gasteiger partial charge in [0.05, 0.1) is 17.2 Å². The highest BCUT2D eigenvalue weighted by atomic mass is 79.9. The molecule has 0 radical (unpaired) electrons. The van der Waals surface area contributed by atoms with Crippen LogP contribution in [0.15, 0.2) is 47.2 Å². The van der Waals surface area contributed by atoms with E-state index in [-0.39, 0.29) is 5.91 Å². The molecule has 1 amide bonds. The second-order valence-corrected chi connectivity index (χ2v) is 4.24. The molecule has 0 spiro atoms. The van der Waals surface area contributed by atoms with Gasteiger partial charge in [-0.1, -0.05) is 0 Å². The molecule has 0 saturated heterocycles. The number of aromatic nitrogens is 1. The molecule has 0 fully saturated rings. The maximum atomic E-state index is 11.9. The quantitative estimate of drug-likeness (QED) is 0.867. The minimum absolute atomic E-state index is 0.250. The lowest BCUT2D eigenvalue weighted by Gasteiger charge is -2.06. The Hall–Kier alpha value is -2.19. The Morgan fingerprint density at radius 2 is 2.00 bits per heavy atom. The van der Waals surface area contributed by atoms with Crippen molar-refractivity contribution in [1.82, 2.24) is 4.98 Å². The van der Waals surface area contributed by atoms with Gasteiger partial charge in [-0.15, -0.1) is 0 Å². The van der Waals surface area contributed by atoms with Crippen LogP contribution < -0.4 is 5.32 Å². The predicted molar refractivity (Wildman–Crippen MR) is 71.0 cm³/mol. The summed E-state index contributed by atoms with van der Waals surface area (Å²) in [6.07, 6.45) is 1.60. The lowest BCUT2D eigenvalue weighted by molar-refractivity contribution is 0.102. The average molecular weight is 302 g/mol. The van der Waals surface area contributed by atoms with Gasteiger partial charge in [-0.25, -0.2) is 4.98 Å². The molecule has 2 aromatic rings. The summed E-state index contributed by atoms with van der Waals surface area (Å²) in [4.78, 5) is 15.9. The summed E-state index contributed by atoms with van der Waals surface area (Å²) >= 11 is 3.22. The molecule has 0 aliphatic carbocycles. The first kappa shape index (κ1) is 12.3. The number of pyridine rings is 1. The number of carbonyl (C=O) groups is 1. The lowest BCUT2D eigenvalue weighted by atomic mass is 10.2. The van der Waals surface area contributed by atoms with Crippen LogP contribution in [0.3, 0.4) is 0 Å². The number of nitriles is 1. The fraction of sp³-hybridized carbons (Fsp3) is 0. The fourth-order valence-electron chi connectivity index (χ4n) is 1.38. The van der Waals surface area contributed by atoms with Gasteiger partial charge in [-0.05, 0) is 52.3 Å². The van der Waals surface area contributed by atoms with Crippen molar-refractivity contribution in [2.24, 2.45) is 0 Å². The third-order valence-corrected chi connectivity index (χ3v) is 2.91. The summed E-state index contributed by atoms with van der Waals surface area (Å²) < 4.78 is 0.496. The van der Waals surface area contributed by atoms with Crippen molar-refractivity contribution in [3.8, 4) is 6.07 Å². The van der Waals surface area contributed by atoms with Gasteiger partial charge in [-0.2, -0.15) is 5.26 Å². The summed E-state index contributed by atoms with van der Waals surface area (Å²) in [5.74, 6) is -0.250. The largest absolute Gasteiger partial charge is 0.322 e. The van der Waals surface area contributed by atoms with Crippen molar-refractivity contribution < 1.29 is 4.79 Å². The smallest absolute Gasteiger partial charge is 0.258 e. The van der Waals surface area contributed by atoms with E-state index in [4.69, 9.17) is 5.26 Å². The Morgan fingerprint density at radius 3 is 2.61 bits per heavy atom. The average Bonchev–Trinajstić information content (AvgIpc) is 2.40. The summed E-state index contributed by atoms with van der Waals surface area (Å²) in [5, 5.41) is 11.4. The van der Waals surface area contributed by atoms with Crippen LogP contribution in [0, 0.1) is 11.3 Å². The van der Waals surface area contributed by atoms with Crippen LogP contribution in [0.4, 0.5) is 5.69 Å². The monoisotopic (exact) mass is 301 g/mol. The number of benzene rings is 1. The van der Waals surface area contributed by atoms with Crippen LogP contribution in [0.2, 0.25) is 0 Å². The van der Waals surface area contributed by atoms with E-state index in [1.165, 1.54) is 0 Å². The molecule has 2 rings (SSSR count). The molecule has 1 aromatic carbocycles. The van der Waals surface area contributed by atoms with E-state index in [2.05, 4.69) is 26.2 Å². The number of anilines is 1. The van der Waals surface area contributed by atoms with Crippen LogP contribution in [-0.2, 0) is 0 Å². The van der Waals surface area contributed by atoms with Crippen molar-refractivity contribution in [1.29, 1.82) is 5.26 Å². The standard InChI is InChI=1S/C13H8BrN3O/c14-12-11(2-1-7-16-12)13(18)17-10-5-3-9(8-15)4-6-10/h1-7H,(H,17,18). The van der Waals surface area contributed by atoms with Gasteiger partial charge in [0.2, 0.25) is 0 Å². The molecule has 5 heteroatoms. The third kappa shape index (κ3) is 2.73. The van der Waals surface area contributed by atoms with Crippen LogP contribution in [0.1, 0.15) is 15.9 Å². The number of amides is 1. The van der Waals surface area contributed by atoms with Gasteiger partial charge in [0.15, 0.2) is 0 Å². The van der Waals surface area contributed by atoms with Gasteiger partial charge in [0, 0.05) is 11.9 Å². The van der Waals surface area contributed by atoms with E-state index in [9.17, 15) is 4.79 Å². The van der Waals surface area contributed by atoms with E-state index in [0.29, 0.717) is 21.4 Å². The van der Waals surface area contributed by atoms with Crippen molar-refractivity contribution in [3.05, 3.63) is 58.3 Å². The Labute approximate surface area is 112 Å². The predicted octanol–water partition coefficient (Wildman–Crippen LogP) is 2.97. The SMILES string of the molecule is N#Cc1ccc(NC(=O)c2cccnc2Br)cc1. The maximum Gasteiger partial charge on any atom is 0.258 e. The van der Waals surface area contributed by atoms with Gasteiger partial charge in [0.25, 0.3) is 5.91 Å². The van der Waals surface area contributed by atoms with E-state index in [1.54, 1.807) is 42.6 Å². The lowest BCUT2D eigenvalue weighted by Crippen LogP contribution is -2.12. The highest BCUT2D eigenvalue weighted by Crippen LogP contribution is 2.15. The van der Waals surface area contributed by atoms with E-state index in [1.807, 2.05) is 6.07 Å². The van der Waals surface area contributed by atoms with Gasteiger partial charge >= 0.3 is 0 Å². The summed E-state index contributed by atoms with van der Waals surface area (Å²) in [7, 11) is 0. The Bertz CT molecular complexity index is 617. The number of nitrogens with one attached hydrogen (secondary N) is 1. The summed E-state index contributed by atoms with van der Waals surface area (Å²) in [6.45, 7) is 0. The van der Waals surface area contributed by atoms with Crippen molar-refractivity contribution in [2.45, 2.75) is 0 Å².